The molecule has 5 nitrogen and oxygen atoms in total. The number of ether oxygens (including phenoxy) is 1. The first-order valence-electron chi connectivity index (χ1n) is 5.80. The summed E-state index contributed by atoms with van der Waals surface area (Å²) in [5, 5.41) is 2.61. The highest BCUT2D eigenvalue weighted by Crippen LogP contribution is 2.15. The van der Waals surface area contributed by atoms with E-state index in [-0.39, 0.29) is 6.01 Å². The van der Waals surface area contributed by atoms with Crippen LogP contribution in [0.25, 0.3) is 11.0 Å². The lowest BCUT2D eigenvalue weighted by Gasteiger charge is -2.03. The minimum atomic E-state index is -0.578. The monoisotopic (exact) mass is 253 g/mol. The highest BCUT2D eigenvalue weighted by Gasteiger charge is 2.08. The third-order valence-corrected chi connectivity index (χ3v) is 2.58. The summed E-state index contributed by atoms with van der Waals surface area (Å²) in [7, 11) is 0. The first-order chi connectivity index (χ1) is 9.31. The van der Waals surface area contributed by atoms with Crippen LogP contribution in [0.2, 0.25) is 0 Å². The Labute approximate surface area is 109 Å². The van der Waals surface area contributed by atoms with Crippen LogP contribution in [0, 0.1) is 0 Å². The topological polar surface area (TPSA) is 67.0 Å². The molecule has 3 rings (SSSR count). The molecule has 0 spiro atoms. The molecule has 2 aromatic carbocycles. The summed E-state index contributed by atoms with van der Waals surface area (Å²) in [6.07, 6.45) is -0.578. The third-order valence-electron chi connectivity index (χ3n) is 2.58. The lowest BCUT2D eigenvalue weighted by atomic mass is 10.3. The van der Waals surface area contributed by atoms with E-state index in [4.69, 9.17) is 4.74 Å². The fourth-order valence-corrected chi connectivity index (χ4v) is 1.73. The Balaban J connectivity index is 1.72. The minimum absolute atomic E-state index is 0.176. The van der Waals surface area contributed by atoms with Gasteiger partial charge in [-0.3, -0.25) is 5.32 Å². The van der Waals surface area contributed by atoms with Gasteiger partial charge >= 0.3 is 12.1 Å². The number of H-pyrrole nitrogens is 1. The fraction of sp³-hybridized carbons (Fsp3) is 0. The van der Waals surface area contributed by atoms with E-state index in [1.54, 1.807) is 12.1 Å². The number of hydrogen-bond donors (Lipinski definition) is 2. The molecule has 0 saturated carbocycles. The summed E-state index contributed by atoms with van der Waals surface area (Å²) in [4.78, 5) is 18.7. The van der Waals surface area contributed by atoms with E-state index in [0.29, 0.717) is 5.69 Å². The number of fused-ring (bicyclic) bond motifs is 1. The number of nitrogens with one attached hydrogen (secondary N) is 2. The Kier molecular flexibility index (Phi) is 2.86. The summed E-state index contributed by atoms with van der Waals surface area (Å²) in [6.45, 7) is 0. The number of rotatable bonds is 2. The molecular weight excluding hydrogens is 242 g/mol. The van der Waals surface area contributed by atoms with Crippen molar-refractivity contribution in [2.45, 2.75) is 0 Å². The van der Waals surface area contributed by atoms with Gasteiger partial charge in [-0.2, -0.15) is 4.98 Å². The van der Waals surface area contributed by atoms with Gasteiger partial charge in [-0.05, 0) is 24.3 Å². The standard InChI is InChI=1S/C14H11N3O2/c18-14(15-10-6-2-1-3-7-10)19-13-16-11-8-4-5-9-12(11)17-13/h1-9H,(H,15,18)(H,16,17). The van der Waals surface area contributed by atoms with Gasteiger partial charge in [-0.15, -0.1) is 0 Å². The van der Waals surface area contributed by atoms with Crippen molar-refractivity contribution in [2.75, 3.05) is 5.32 Å². The quantitative estimate of drug-likeness (QED) is 0.737. The number of para-hydroxylation sites is 3. The minimum Gasteiger partial charge on any atom is -0.375 e. The van der Waals surface area contributed by atoms with Crippen molar-refractivity contribution in [2.24, 2.45) is 0 Å². The van der Waals surface area contributed by atoms with Crippen LogP contribution in [0.4, 0.5) is 10.5 Å². The first kappa shape index (κ1) is 11.3. The molecule has 0 radical (unpaired) electrons. The van der Waals surface area contributed by atoms with Crippen molar-refractivity contribution in [3.63, 3.8) is 0 Å². The predicted molar refractivity (Wildman–Crippen MR) is 72.2 cm³/mol. The van der Waals surface area contributed by atoms with E-state index in [2.05, 4.69) is 15.3 Å². The molecule has 0 aliphatic rings. The SMILES string of the molecule is O=C(Nc1ccccc1)Oc1nc2ccccc2[nH]1. The molecule has 0 aliphatic carbocycles. The molecule has 3 aromatic rings. The maximum absolute atomic E-state index is 11.7. The molecule has 0 bridgehead atoms. The Hall–Kier alpha value is -2.82. The van der Waals surface area contributed by atoms with Gasteiger partial charge in [0.1, 0.15) is 0 Å². The van der Waals surface area contributed by atoms with Crippen molar-refractivity contribution >= 4 is 22.8 Å². The van der Waals surface area contributed by atoms with Crippen LogP contribution in [-0.2, 0) is 0 Å². The number of anilines is 1. The van der Waals surface area contributed by atoms with Crippen molar-refractivity contribution in [3.8, 4) is 6.01 Å². The number of carbonyl (C=O) groups is 1. The van der Waals surface area contributed by atoms with Crippen LogP contribution in [0.15, 0.2) is 54.6 Å². The van der Waals surface area contributed by atoms with Gasteiger partial charge in [0.2, 0.25) is 0 Å². The molecule has 5 heteroatoms. The zero-order valence-electron chi connectivity index (χ0n) is 9.96. The highest BCUT2D eigenvalue weighted by atomic mass is 16.6. The second-order valence-electron chi connectivity index (χ2n) is 3.94. The number of benzene rings is 2. The van der Waals surface area contributed by atoms with E-state index >= 15 is 0 Å². The first-order valence-corrected chi connectivity index (χ1v) is 5.80. The molecular formula is C14H11N3O2. The van der Waals surface area contributed by atoms with Crippen LogP contribution in [0.1, 0.15) is 0 Å². The second kappa shape index (κ2) is 4.81. The van der Waals surface area contributed by atoms with E-state index in [0.717, 1.165) is 11.0 Å². The summed E-state index contributed by atoms with van der Waals surface area (Å²) in [5.41, 5.74) is 2.25. The largest absolute Gasteiger partial charge is 0.419 e. The molecule has 0 unspecified atom stereocenters. The summed E-state index contributed by atoms with van der Waals surface area (Å²) < 4.78 is 5.09. The van der Waals surface area contributed by atoms with E-state index in [1.165, 1.54) is 0 Å². The number of amides is 1. The Bertz CT molecular complexity index is 674. The number of hydrogen-bond acceptors (Lipinski definition) is 3. The number of nitrogens with zero attached hydrogens (tertiary/aromatic N) is 1. The van der Waals surface area contributed by atoms with E-state index in [1.807, 2.05) is 42.5 Å². The summed E-state index contributed by atoms with van der Waals surface area (Å²) in [6, 6.07) is 16.7. The molecule has 0 atom stereocenters. The lowest BCUT2D eigenvalue weighted by molar-refractivity contribution is 0.212. The Morgan fingerprint density at radius 3 is 2.58 bits per heavy atom. The molecule has 1 heterocycles. The third kappa shape index (κ3) is 2.55. The van der Waals surface area contributed by atoms with Gasteiger partial charge in [0.25, 0.3) is 0 Å². The highest BCUT2D eigenvalue weighted by molar-refractivity contribution is 5.86. The van der Waals surface area contributed by atoms with E-state index < -0.39 is 6.09 Å². The smallest absolute Gasteiger partial charge is 0.375 e. The number of aromatic nitrogens is 2. The fourth-order valence-electron chi connectivity index (χ4n) is 1.73. The molecule has 2 N–H and O–H groups in total. The Morgan fingerprint density at radius 1 is 1.05 bits per heavy atom. The van der Waals surface area contributed by atoms with Crippen LogP contribution in [0.5, 0.6) is 6.01 Å². The Morgan fingerprint density at radius 2 is 1.79 bits per heavy atom. The second-order valence-corrected chi connectivity index (χ2v) is 3.94. The van der Waals surface area contributed by atoms with Crippen molar-refractivity contribution in [1.29, 1.82) is 0 Å². The average Bonchev–Trinajstić information content (AvgIpc) is 2.81. The summed E-state index contributed by atoms with van der Waals surface area (Å²) in [5.74, 6) is 0. The van der Waals surface area contributed by atoms with E-state index in [9.17, 15) is 4.79 Å². The van der Waals surface area contributed by atoms with Gasteiger partial charge in [-0.25, -0.2) is 4.79 Å². The van der Waals surface area contributed by atoms with Gasteiger partial charge in [0, 0.05) is 5.69 Å². The van der Waals surface area contributed by atoms with Crippen LogP contribution < -0.4 is 10.1 Å². The maximum atomic E-state index is 11.7. The van der Waals surface area contributed by atoms with Gasteiger partial charge in [0.15, 0.2) is 0 Å². The zero-order chi connectivity index (χ0) is 13.1. The number of carbonyl (C=O) groups excluding carboxylic acids is 1. The lowest BCUT2D eigenvalue weighted by Crippen LogP contribution is -2.17. The molecule has 0 saturated heterocycles. The van der Waals surface area contributed by atoms with Crippen LogP contribution in [-0.4, -0.2) is 16.1 Å². The molecule has 0 fully saturated rings. The molecule has 0 aliphatic heterocycles. The molecule has 19 heavy (non-hydrogen) atoms. The number of imidazole rings is 1. The van der Waals surface area contributed by atoms with Crippen LogP contribution >= 0.6 is 0 Å². The number of aromatic amines is 1. The average molecular weight is 253 g/mol. The predicted octanol–water partition coefficient (Wildman–Crippen LogP) is 3.17. The molecule has 1 amide bonds. The van der Waals surface area contributed by atoms with Gasteiger partial charge in [-0.1, -0.05) is 30.3 Å². The van der Waals surface area contributed by atoms with Crippen LogP contribution in [0.3, 0.4) is 0 Å². The van der Waals surface area contributed by atoms with Crippen molar-refractivity contribution in [3.05, 3.63) is 54.6 Å². The molecule has 1 aromatic heterocycles. The zero-order valence-corrected chi connectivity index (χ0v) is 9.96. The van der Waals surface area contributed by atoms with Crippen molar-refractivity contribution in [1.82, 2.24) is 9.97 Å². The van der Waals surface area contributed by atoms with Crippen molar-refractivity contribution < 1.29 is 9.53 Å². The summed E-state index contributed by atoms with van der Waals surface area (Å²) >= 11 is 0. The molecule has 94 valence electrons. The van der Waals surface area contributed by atoms with Gasteiger partial charge < -0.3 is 9.72 Å². The maximum Gasteiger partial charge on any atom is 0.419 e. The normalized spacial score (nSPS) is 10.3. The van der Waals surface area contributed by atoms with Gasteiger partial charge in [0.05, 0.1) is 11.0 Å².